The number of hydrogen-bond donors (Lipinski definition) is 0. The average Bonchev–Trinajstić information content (AvgIpc) is 2.34. The Kier molecular flexibility index (Phi) is 3.27. The van der Waals surface area contributed by atoms with E-state index in [0.717, 1.165) is 6.42 Å². The first-order valence-corrected chi connectivity index (χ1v) is 6.75. The quantitative estimate of drug-likeness (QED) is 0.684. The van der Waals surface area contributed by atoms with E-state index in [1.807, 2.05) is 27.7 Å². The number of nitrogens with zero attached hydrogens (tertiary/aromatic N) is 1. The summed E-state index contributed by atoms with van der Waals surface area (Å²) in [6, 6.07) is 0. The minimum Gasteiger partial charge on any atom is -0.469 e. The van der Waals surface area contributed by atoms with Gasteiger partial charge in [-0.2, -0.15) is 0 Å². The number of amides is 1. The first kappa shape index (κ1) is 14.2. The number of esters is 1. The Hall–Kier alpha value is -1.26. The van der Waals surface area contributed by atoms with Gasteiger partial charge in [0.1, 0.15) is 5.60 Å². The van der Waals surface area contributed by atoms with E-state index >= 15 is 0 Å². The third kappa shape index (κ3) is 2.30. The molecular weight excluding hydrogens is 246 g/mol. The second kappa shape index (κ2) is 4.39. The molecule has 2 bridgehead atoms. The molecule has 1 amide bonds. The van der Waals surface area contributed by atoms with Crippen LogP contribution in [0, 0.1) is 17.3 Å². The zero-order valence-corrected chi connectivity index (χ0v) is 12.4. The van der Waals surface area contributed by atoms with Crippen molar-refractivity contribution in [1.82, 2.24) is 4.90 Å². The minimum atomic E-state index is -0.482. The summed E-state index contributed by atoms with van der Waals surface area (Å²) >= 11 is 0. The van der Waals surface area contributed by atoms with E-state index in [0.29, 0.717) is 13.1 Å². The van der Waals surface area contributed by atoms with Gasteiger partial charge in [0.2, 0.25) is 0 Å². The summed E-state index contributed by atoms with van der Waals surface area (Å²) < 4.78 is 10.3. The fourth-order valence-electron chi connectivity index (χ4n) is 3.17. The summed E-state index contributed by atoms with van der Waals surface area (Å²) in [5.74, 6) is 0.218. The highest BCUT2D eigenvalue weighted by molar-refractivity contribution is 5.79. The van der Waals surface area contributed by atoms with Crippen molar-refractivity contribution in [3.05, 3.63) is 0 Å². The molecule has 0 aromatic heterocycles. The van der Waals surface area contributed by atoms with E-state index in [-0.39, 0.29) is 23.9 Å². The molecule has 2 unspecified atom stereocenters. The number of ether oxygens (including phenoxy) is 2. The number of methoxy groups -OCH3 is 1. The number of hydrogen-bond acceptors (Lipinski definition) is 4. The second-order valence-corrected chi connectivity index (χ2v) is 6.79. The van der Waals surface area contributed by atoms with Gasteiger partial charge in [-0.1, -0.05) is 0 Å². The molecule has 5 nitrogen and oxygen atoms in total. The zero-order valence-electron chi connectivity index (χ0n) is 12.4. The summed E-state index contributed by atoms with van der Waals surface area (Å²) in [7, 11) is 1.42. The van der Waals surface area contributed by atoms with Gasteiger partial charge in [-0.3, -0.25) is 4.79 Å². The predicted molar refractivity (Wildman–Crippen MR) is 69.5 cm³/mol. The Morgan fingerprint density at radius 2 is 1.74 bits per heavy atom. The Morgan fingerprint density at radius 3 is 2.16 bits per heavy atom. The lowest BCUT2D eigenvalue weighted by Gasteiger charge is -2.58. The summed E-state index contributed by atoms with van der Waals surface area (Å²) in [6.07, 6.45) is 0.708. The summed E-state index contributed by atoms with van der Waals surface area (Å²) in [5.41, 5.74) is -0.905. The van der Waals surface area contributed by atoms with Crippen LogP contribution in [0.4, 0.5) is 4.79 Å². The fourth-order valence-corrected chi connectivity index (χ4v) is 3.17. The third-order valence-corrected chi connectivity index (χ3v) is 4.42. The van der Waals surface area contributed by atoms with Gasteiger partial charge in [-0.05, 0) is 46.0 Å². The molecule has 2 heterocycles. The van der Waals surface area contributed by atoms with Crippen molar-refractivity contribution in [2.45, 2.75) is 39.7 Å². The molecule has 108 valence electrons. The lowest BCUT2D eigenvalue weighted by Crippen LogP contribution is -2.65. The number of fused-ring (bicyclic) bond motifs is 2. The molecule has 0 aromatic rings. The zero-order chi connectivity index (χ0) is 14.4. The smallest absolute Gasteiger partial charge is 0.410 e. The second-order valence-electron chi connectivity index (χ2n) is 6.79. The van der Waals surface area contributed by atoms with Crippen LogP contribution in [0.25, 0.3) is 0 Å². The van der Waals surface area contributed by atoms with E-state index < -0.39 is 11.0 Å². The predicted octanol–water partition coefficient (Wildman–Crippen LogP) is 2.05. The number of carbonyl (C=O) groups is 2. The normalized spacial score (nSPS) is 33.4. The van der Waals surface area contributed by atoms with Gasteiger partial charge >= 0.3 is 12.1 Å². The van der Waals surface area contributed by atoms with E-state index in [1.54, 1.807) is 4.90 Å². The Bertz CT molecular complexity index is 387. The molecule has 1 aliphatic carbocycles. The lowest BCUT2D eigenvalue weighted by molar-refractivity contribution is -0.184. The number of carbonyl (C=O) groups excluding carboxylic acids is 2. The molecule has 5 heteroatoms. The number of piperidine rings is 2. The van der Waals surface area contributed by atoms with Crippen LogP contribution in [0.3, 0.4) is 0 Å². The maximum atomic E-state index is 12.0. The molecule has 0 radical (unpaired) electrons. The highest BCUT2D eigenvalue weighted by Gasteiger charge is 2.61. The van der Waals surface area contributed by atoms with Crippen molar-refractivity contribution < 1.29 is 19.1 Å². The molecule has 2 atom stereocenters. The molecule has 3 rings (SSSR count). The molecule has 19 heavy (non-hydrogen) atoms. The van der Waals surface area contributed by atoms with Gasteiger partial charge < -0.3 is 14.4 Å². The van der Waals surface area contributed by atoms with Gasteiger partial charge in [0.25, 0.3) is 0 Å². The highest BCUT2D eigenvalue weighted by Crippen LogP contribution is 2.55. The lowest BCUT2D eigenvalue weighted by atomic mass is 9.51. The Labute approximate surface area is 114 Å². The molecule has 0 aromatic carbocycles. The van der Waals surface area contributed by atoms with Gasteiger partial charge in [0, 0.05) is 13.1 Å². The van der Waals surface area contributed by atoms with E-state index in [4.69, 9.17) is 9.47 Å². The molecule has 3 fully saturated rings. The standard InChI is InChI=1S/C14H23NO4/c1-13(2,3)19-12(17)15-7-9-6-10(8-15)14(9,4)11(16)18-5/h9-10H,6-8H2,1-5H3. The van der Waals surface area contributed by atoms with Crippen molar-refractivity contribution in [1.29, 1.82) is 0 Å². The molecular formula is C14H23NO4. The number of rotatable bonds is 1. The van der Waals surface area contributed by atoms with Crippen molar-refractivity contribution >= 4 is 12.1 Å². The van der Waals surface area contributed by atoms with Gasteiger partial charge in [0.15, 0.2) is 0 Å². The minimum absolute atomic E-state index is 0.155. The Balaban J connectivity index is 2.00. The first-order chi connectivity index (χ1) is 8.68. The van der Waals surface area contributed by atoms with Crippen LogP contribution in [0.1, 0.15) is 34.1 Å². The van der Waals surface area contributed by atoms with Crippen LogP contribution >= 0.6 is 0 Å². The monoisotopic (exact) mass is 269 g/mol. The van der Waals surface area contributed by atoms with E-state index in [9.17, 15) is 9.59 Å². The van der Waals surface area contributed by atoms with Crippen LogP contribution in [-0.2, 0) is 14.3 Å². The van der Waals surface area contributed by atoms with Crippen LogP contribution in [0.2, 0.25) is 0 Å². The van der Waals surface area contributed by atoms with Crippen molar-refractivity contribution in [2.24, 2.45) is 17.3 Å². The van der Waals surface area contributed by atoms with Gasteiger partial charge in [-0.15, -0.1) is 0 Å². The summed E-state index contributed by atoms with van der Waals surface area (Å²) in [5, 5.41) is 0. The first-order valence-electron chi connectivity index (χ1n) is 6.75. The molecule has 0 N–H and O–H groups in total. The van der Waals surface area contributed by atoms with Crippen molar-refractivity contribution in [3.63, 3.8) is 0 Å². The fraction of sp³-hybridized carbons (Fsp3) is 0.857. The van der Waals surface area contributed by atoms with Crippen LogP contribution in [0.15, 0.2) is 0 Å². The maximum absolute atomic E-state index is 12.0. The summed E-state index contributed by atoms with van der Waals surface area (Å²) in [6.45, 7) is 8.68. The van der Waals surface area contributed by atoms with Crippen LogP contribution < -0.4 is 0 Å². The van der Waals surface area contributed by atoms with Gasteiger partial charge in [-0.25, -0.2) is 4.79 Å². The van der Waals surface area contributed by atoms with Crippen LogP contribution in [0.5, 0.6) is 0 Å². The maximum Gasteiger partial charge on any atom is 0.410 e. The molecule has 3 aliphatic rings. The molecule has 1 saturated carbocycles. The topological polar surface area (TPSA) is 55.8 Å². The van der Waals surface area contributed by atoms with Crippen LogP contribution in [-0.4, -0.2) is 42.8 Å². The van der Waals surface area contributed by atoms with Crippen molar-refractivity contribution in [2.75, 3.05) is 20.2 Å². The van der Waals surface area contributed by atoms with Gasteiger partial charge in [0.05, 0.1) is 12.5 Å². The SMILES string of the molecule is COC(=O)C1(C)C2CC1CN(C(=O)OC(C)(C)C)C2. The molecule has 2 aliphatic heterocycles. The average molecular weight is 269 g/mol. The highest BCUT2D eigenvalue weighted by atomic mass is 16.6. The third-order valence-electron chi connectivity index (χ3n) is 4.42. The van der Waals surface area contributed by atoms with E-state index in [2.05, 4.69) is 0 Å². The molecule has 2 saturated heterocycles. The van der Waals surface area contributed by atoms with E-state index in [1.165, 1.54) is 7.11 Å². The largest absolute Gasteiger partial charge is 0.469 e. The Morgan fingerprint density at radius 1 is 1.21 bits per heavy atom. The molecule has 0 spiro atoms. The van der Waals surface area contributed by atoms with Crippen molar-refractivity contribution in [3.8, 4) is 0 Å². The summed E-state index contributed by atoms with van der Waals surface area (Å²) in [4.78, 5) is 25.6.